The van der Waals surface area contributed by atoms with Gasteiger partial charge in [-0.1, -0.05) is 13.8 Å². The number of nitrogen functional groups attached to an aromatic ring is 1. The molecule has 2 N–H and O–H groups in total. The quantitative estimate of drug-likeness (QED) is 0.841. The van der Waals surface area contributed by atoms with Gasteiger partial charge in [0, 0.05) is 23.2 Å². The van der Waals surface area contributed by atoms with Crippen molar-refractivity contribution in [2.24, 2.45) is 5.92 Å². The molecule has 3 heteroatoms. The fourth-order valence-electron chi connectivity index (χ4n) is 2.70. The summed E-state index contributed by atoms with van der Waals surface area (Å²) in [6.45, 7) is 6.86. The SMILES string of the molecule is CCc1cc(N)cc(Br)c1N1CCCC(C)C1. The van der Waals surface area contributed by atoms with E-state index in [0.717, 1.165) is 29.0 Å². The van der Waals surface area contributed by atoms with Crippen molar-refractivity contribution in [1.82, 2.24) is 0 Å². The third-order valence-corrected chi connectivity index (χ3v) is 4.12. The Morgan fingerprint density at radius 1 is 1.47 bits per heavy atom. The van der Waals surface area contributed by atoms with Gasteiger partial charge in [-0.05, 0) is 58.8 Å². The second kappa shape index (κ2) is 5.30. The molecule has 2 rings (SSSR count). The summed E-state index contributed by atoms with van der Waals surface area (Å²) in [6, 6.07) is 4.13. The van der Waals surface area contributed by atoms with Crippen LogP contribution in [0.5, 0.6) is 0 Å². The van der Waals surface area contributed by atoms with Crippen molar-refractivity contribution in [1.29, 1.82) is 0 Å². The van der Waals surface area contributed by atoms with E-state index in [4.69, 9.17) is 5.73 Å². The predicted octanol–water partition coefficient (Wildman–Crippen LogP) is 3.83. The normalized spacial score (nSPS) is 20.6. The number of nitrogens with zero attached hydrogens (tertiary/aromatic N) is 1. The lowest BCUT2D eigenvalue weighted by atomic mass is 9.98. The van der Waals surface area contributed by atoms with Crippen LogP contribution in [0.15, 0.2) is 16.6 Å². The van der Waals surface area contributed by atoms with Gasteiger partial charge in [0.05, 0.1) is 5.69 Å². The second-order valence-electron chi connectivity index (χ2n) is 5.06. The van der Waals surface area contributed by atoms with Crippen LogP contribution in [0.3, 0.4) is 0 Å². The molecule has 1 heterocycles. The zero-order valence-corrected chi connectivity index (χ0v) is 12.3. The average Bonchev–Trinajstić information content (AvgIpc) is 2.27. The Hall–Kier alpha value is -0.700. The average molecular weight is 297 g/mol. The first-order chi connectivity index (χ1) is 8.11. The van der Waals surface area contributed by atoms with Crippen molar-refractivity contribution in [2.45, 2.75) is 33.1 Å². The topological polar surface area (TPSA) is 29.3 Å². The van der Waals surface area contributed by atoms with E-state index in [1.54, 1.807) is 0 Å². The van der Waals surface area contributed by atoms with Crippen molar-refractivity contribution in [2.75, 3.05) is 23.7 Å². The van der Waals surface area contributed by atoms with Gasteiger partial charge in [0.15, 0.2) is 0 Å². The summed E-state index contributed by atoms with van der Waals surface area (Å²) in [6.07, 6.45) is 3.68. The lowest BCUT2D eigenvalue weighted by Crippen LogP contribution is -2.35. The third kappa shape index (κ3) is 2.76. The number of benzene rings is 1. The van der Waals surface area contributed by atoms with Gasteiger partial charge >= 0.3 is 0 Å². The van der Waals surface area contributed by atoms with Gasteiger partial charge < -0.3 is 10.6 Å². The van der Waals surface area contributed by atoms with Crippen LogP contribution < -0.4 is 10.6 Å². The zero-order valence-electron chi connectivity index (χ0n) is 10.7. The molecule has 2 nitrogen and oxygen atoms in total. The van der Waals surface area contributed by atoms with E-state index in [1.165, 1.54) is 30.6 Å². The van der Waals surface area contributed by atoms with E-state index < -0.39 is 0 Å². The molecule has 0 radical (unpaired) electrons. The summed E-state index contributed by atoms with van der Waals surface area (Å²) >= 11 is 3.67. The number of nitrogens with two attached hydrogens (primary N) is 1. The maximum absolute atomic E-state index is 5.91. The van der Waals surface area contributed by atoms with E-state index in [0.29, 0.717) is 0 Å². The Labute approximate surface area is 112 Å². The van der Waals surface area contributed by atoms with Gasteiger partial charge in [-0.3, -0.25) is 0 Å². The maximum Gasteiger partial charge on any atom is 0.0544 e. The molecule has 1 aliphatic heterocycles. The predicted molar refractivity (Wildman–Crippen MR) is 78.5 cm³/mol. The zero-order chi connectivity index (χ0) is 12.4. The highest BCUT2D eigenvalue weighted by molar-refractivity contribution is 9.10. The lowest BCUT2D eigenvalue weighted by molar-refractivity contribution is 0.446. The number of anilines is 2. The van der Waals surface area contributed by atoms with Crippen LogP contribution in [0.25, 0.3) is 0 Å². The summed E-state index contributed by atoms with van der Waals surface area (Å²) in [5, 5.41) is 0. The summed E-state index contributed by atoms with van der Waals surface area (Å²) in [4.78, 5) is 2.51. The van der Waals surface area contributed by atoms with Gasteiger partial charge in [0.25, 0.3) is 0 Å². The summed E-state index contributed by atoms with van der Waals surface area (Å²) in [5.74, 6) is 0.790. The molecule has 0 amide bonds. The third-order valence-electron chi connectivity index (χ3n) is 3.52. The van der Waals surface area contributed by atoms with Crippen molar-refractivity contribution in [3.63, 3.8) is 0 Å². The van der Waals surface area contributed by atoms with Crippen LogP contribution in [0, 0.1) is 5.92 Å². The largest absolute Gasteiger partial charge is 0.399 e. The number of hydrogen-bond donors (Lipinski definition) is 1. The Bertz CT molecular complexity index is 403. The first-order valence-corrected chi connectivity index (χ1v) is 7.24. The van der Waals surface area contributed by atoms with Crippen LogP contribution in [0.2, 0.25) is 0 Å². The number of aryl methyl sites for hydroxylation is 1. The number of rotatable bonds is 2. The van der Waals surface area contributed by atoms with E-state index in [2.05, 4.69) is 40.7 Å². The van der Waals surface area contributed by atoms with E-state index >= 15 is 0 Å². The summed E-state index contributed by atoms with van der Waals surface area (Å²) in [7, 11) is 0. The first kappa shape index (κ1) is 12.7. The number of piperidine rings is 1. The lowest BCUT2D eigenvalue weighted by Gasteiger charge is -2.35. The highest BCUT2D eigenvalue weighted by atomic mass is 79.9. The summed E-state index contributed by atoms with van der Waals surface area (Å²) < 4.78 is 1.14. The Morgan fingerprint density at radius 2 is 2.24 bits per heavy atom. The molecule has 17 heavy (non-hydrogen) atoms. The molecule has 0 spiro atoms. The van der Waals surface area contributed by atoms with Crippen LogP contribution >= 0.6 is 15.9 Å². The molecular weight excluding hydrogens is 276 g/mol. The molecular formula is C14H21BrN2. The van der Waals surface area contributed by atoms with Crippen LogP contribution in [0.1, 0.15) is 32.3 Å². The molecule has 1 aromatic rings. The molecule has 0 aromatic heterocycles. The van der Waals surface area contributed by atoms with Crippen LogP contribution in [-0.2, 0) is 6.42 Å². The standard InChI is InChI=1S/C14H21BrN2/c1-3-11-7-12(16)8-13(15)14(11)17-6-4-5-10(2)9-17/h7-8,10H,3-6,9,16H2,1-2H3. The minimum Gasteiger partial charge on any atom is -0.399 e. The highest BCUT2D eigenvalue weighted by Crippen LogP contribution is 2.35. The fourth-order valence-corrected chi connectivity index (χ4v) is 3.47. The molecule has 1 atom stereocenters. The van der Waals surface area contributed by atoms with Crippen LogP contribution in [0.4, 0.5) is 11.4 Å². The van der Waals surface area contributed by atoms with Gasteiger partial charge in [0.2, 0.25) is 0 Å². The molecule has 1 saturated heterocycles. The smallest absolute Gasteiger partial charge is 0.0544 e. The molecule has 1 aromatic carbocycles. The monoisotopic (exact) mass is 296 g/mol. The summed E-state index contributed by atoms with van der Waals surface area (Å²) in [5.41, 5.74) is 9.47. The van der Waals surface area contributed by atoms with Crippen molar-refractivity contribution < 1.29 is 0 Å². The van der Waals surface area contributed by atoms with Crippen LogP contribution in [-0.4, -0.2) is 13.1 Å². The first-order valence-electron chi connectivity index (χ1n) is 6.44. The Kier molecular flexibility index (Phi) is 3.97. The molecule has 0 saturated carbocycles. The Balaban J connectivity index is 2.36. The molecule has 1 fully saturated rings. The highest BCUT2D eigenvalue weighted by Gasteiger charge is 2.20. The second-order valence-corrected chi connectivity index (χ2v) is 5.91. The molecule has 1 unspecified atom stereocenters. The van der Waals surface area contributed by atoms with Crippen molar-refractivity contribution in [3.8, 4) is 0 Å². The van der Waals surface area contributed by atoms with Gasteiger partial charge in [0.1, 0.15) is 0 Å². The van der Waals surface area contributed by atoms with E-state index in [-0.39, 0.29) is 0 Å². The van der Waals surface area contributed by atoms with Crippen molar-refractivity contribution in [3.05, 3.63) is 22.2 Å². The van der Waals surface area contributed by atoms with Gasteiger partial charge in [-0.2, -0.15) is 0 Å². The van der Waals surface area contributed by atoms with Gasteiger partial charge in [-0.25, -0.2) is 0 Å². The van der Waals surface area contributed by atoms with Gasteiger partial charge in [-0.15, -0.1) is 0 Å². The Morgan fingerprint density at radius 3 is 2.88 bits per heavy atom. The minimum absolute atomic E-state index is 0.790. The molecule has 0 aliphatic carbocycles. The van der Waals surface area contributed by atoms with Crippen molar-refractivity contribution >= 4 is 27.3 Å². The van der Waals surface area contributed by atoms with E-state index in [9.17, 15) is 0 Å². The molecule has 1 aliphatic rings. The number of hydrogen-bond acceptors (Lipinski definition) is 2. The van der Waals surface area contributed by atoms with E-state index in [1.807, 2.05) is 6.07 Å². The maximum atomic E-state index is 5.91. The number of halogens is 1. The molecule has 94 valence electrons. The molecule has 0 bridgehead atoms. The minimum atomic E-state index is 0.790. The fraction of sp³-hybridized carbons (Fsp3) is 0.571.